The van der Waals surface area contributed by atoms with Crippen LogP contribution in [0.25, 0.3) is 0 Å². The van der Waals surface area contributed by atoms with Gasteiger partial charge >= 0.3 is 17.8 Å². The maximum atomic E-state index is 12.0. The highest BCUT2D eigenvalue weighted by molar-refractivity contribution is 6.39. The number of carbonyl (C=O) groups is 3. The lowest BCUT2D eigenvalue weighted by molar-refractivity contribution is -0.136. The van der Waals surface area contributed by atoms with E-state index >= 15 is 0 Å². The first-order valence-corrected chi connectivity index (χ1v) is 9.32. The predicted octanol–water partition coefficient (Wildman–Crippen LogP) is 2.66. The van der Waals surface area contributed by atoms with E-state index in [-0.39, 0.29) is 5.56 Å². The van der Waals surface area contributed by atoms with Gasteiger partial charge in [0.1, 0.15) is 11.5 Å². The van der Waals surface area contributed by atoms with Crippen LogP contribution in [0.2, 0.25) is 0 Å². The summed E-state index contributed by atoms with van der Waals surface area (Å²) >= 11 is 0. The van der Waals surface area contributed by atoms with E-state index in [0.29, 0.717) is 36.0 Å². The summed E-state index contributed by atoms with van der Waals surface area (Å²) in [4.78, 5) is 35.1. The van der Waals surface area contributed by atoms with Crippen molar-refractivity contribution in [2.45, 2.75) is 20.3 Å². The van der Waals surface area contributed by atoms with E-state index in [4.69, 9.17) is 14.6 Å². The summed E-state index contributed by atoms with van der Waals surface area (Å²) in [5.41, 5.74) is 2.91. The number of aromatic carboxylic acids is 1. The van der Waals surface area contributed by atoms with Crippen LogP contribution in [0.3, 0.4) is 0 Å². The van der Waals surface area contributed by atoms with Gasteiger partial charge in [-0.2, -0.15) is 5.10 Å². The summed E-state index contributed by atoms with van der Waals surface area (Å²) in [7, 11) is 0. The Morgan fingerprint density at radius 2 is 1.77 bits per heavy atom. The largest absolute Gasteiger partial charge is 0.494 e. The smallest absolute Gasteiger partial charge is 0.335 e. The number of carbonyl (C=O) groups excluding carboxylic acids is 2. The second kappa shape index (κ2) is 11.2. The van der Waals surface area contributed by atoms with E-state index in [1.807, 2.05) is 6.92 Å². The zero-order valence-electron chi connectivity index (χ0n) is 16.7. The van der Waals surface area contributed by atoms with Gasteiger partial charge in [0.25, 0.3) is 0 Å². The number of amides is 2. The highest BCUT2D eigenvalue weighted by atomic mass is 16.5. The SMILES string of the molecule is CCCOc1ccc(NC(=O)C(=O)N/N=C\c2cc(C(=O)O)ccc2OCC)cc1. The van der Waals surface area contributed by atoms with Gasteiger partial charge in [0, 0.05) is 11.3 Å². The lowest BCUT2D eigenvalue weighted by Crippen LogP contribution is -2.32. The number of hydrogen-bond donors (Lipinski definition) is 3. The van der Waals surface area contributed by atoms with Crippen molar-refractivity contribution in [3.63, 3.8) is 0 Å². The Balaban J connectivity index is 1.97. The molecule has 0 atom stereocenters. The first kappa shape index (κ1) is 22.4. The molecule has 0 aliphatic rings. The molecule has 0 radical (unpaired) electrons. The van der Waals surface area contributed by atoms with Crippen molar-refractivity contribution in [1.29, 1.82) is 0 Å². The van der Waals surface area contributed by atoms with E-state index < -0.39 is 17.8 Å². The molecular formula is C21H23N3O6. The molecule has 30 heavy (non-hydrogen) atoms. The van der Waals surface area contributed by atoms with Crippen molar-refractivity contribution in [3.8, 4) is 11.5 Å². The topological polar surface area (TPSA) is 126 Å². The Hall–Kier alpha value is -3.88. The van der Waals surface area contributed by atoms with E-state index in [1.54, 1.807) is 31.2 Å². The van der Waals surface area contributed by atoms with Crippen LogP contribution in [0.15, 0.2) is 47.6 Å². The lowest BCUT2D eigenvalue weighted by atomic mass is 10.1. The van der Waals surface area contributed by atoms with Crippen molar-refractivity contribution in [2.24, 2.45) is 5.10 Å². The quantitative estimate of drug-likeness (QED) is 0.330. The fraction of sp³-hybridized carbons (Fsp3) is 0.238. The molecule has 0 unspecified atom stereocenters. The first-order chi connectivity index (χ1) is 14.4. The number of carboxylic acid groups (broad SMARTS) is 1. The monoisotopic (exact) mass is 413 g/mol. The summed E-state index contributed by atoms with van der Waals surface area (Å²) in [6, 6.07) is 10.9. The molecule has 2 aromatic rings. The van der Waals surface area contributed by atoms with Crippen molar-refractivity contribution in [2.75, 3.05) is 18.5 Å². The fourth-order valence-corrected chi connectivity index (χ4v) is 2.32. The number of hydrogen-bond acceptors (Lipinski definition) is 6. The van der Waals surface area contributed by atoms with Gasteiger partial charge in [-0.15, -0.1) is 0 Å². The summed E-state index contributed by atoms with van der Waals surface area (Å²) in [6.07, 6.45) is 2.09. The molecule has 0 aliphatic carbocycles. The van der Waals surface area contributed by atoms with Crippen LogP contribution >= 0.6 is 0 Å². The third-order valence-electron chi connectivity index (χ3n) is 3.72. The van der Waals surface area contributed by atoms with E-state index in [0.717, 1.165) is 6.42 Å². The summed E-state index contributed by atoms with van der Waals surface area (Å²) < 4.78 is 10.9. The number of benzene rings is 2. The normalized spacial score (nSPS) is 10.5. The number of rotatable bonds is 9. The average Bonchev–Trinajstić information content (AvgIpc) is 2.74. The van der Waals surface area contributed by atoms with Gasteiger partial charge in [0.05, 0.1) is 25.0 Å². The number of nitrogens with zero attached hydrogens (tertiary/aromatic N) is 1. The molecule has 158 valence electrons. The van der Waals surface area contributed by atoms with Crippen molar-refractivity contribution < 1.29 is 29.0 Å². The molecule has 0 saturated carbocycles. The molecule has 0 heterocycles. The van der Waals surface area contributed by atoms with E-state index in [2.05, 4.69) is 15.8 Å². The third kappa shape index (κ3) is 6.62. The lowest BCUT2D eigenvalue weighted by Gasteiger charge is -2.08. The van der Waals surface area contributed by atoms with Gasteiger partial charge in [0.2, 0.25) is 0 Å². The maximum absolute atomic E-state index is 12.0. The second-order valence-electron chi connectivity index (χ2n) is 6.02. The van der Waals surface area contributed by atoms with Crippen LogP contribution in [0.5, 0.6) is 11.5 Å². The molecule has 0 aromatic heterocycles. The second-order valence-corrected chi connectivity index (χ2v) is 6.02. The minimum absolute atomic E-state index is 0.0373. The van der Waals surface area contributed by atoms with Crippen LogP contribution in [-0.2, 0) is 9.59 Å². The van der Waals surface area contributed by atoms with Gasteiger partial charge < -0.3 is 19.9 Å². The summed E-state index contributed by atoms with van der Waals surface area (Å²) in [5.74, 6) is -1.93. The Morgan fingerprint density at radius 3 is 2.40 bits per heavy atom. The first-order valence-electron chi connectivity index (χ1n) is 9.32. The Kier molecular flexibility index (Phi) is 8.37. The number of nitrogens with one attached hydrogen (secondary N) is 2. The van der Waals surface area contributed by atoms with E-state index in [9.17, 15) is 14.4 Å². The van der Waals surface area contributed by atoms with E-state index in [1.165, 1.54) is 24.4 Å². The van der Waals surface area contributed by atoms with Gasteiger partial charge in [-0.25, -0.2) is 10.2 Å². The Bertz CT molecular complexity index is 925. The van der Waals surface area contributed by atoms with Crippen LogP contribution < -0.4 is 20.2 Å². The molecule has 0 bridgehead atoms. The predicted molar refractivity (Wildman–Crippen MR) is 111 cm³/mol. The van der Waals surface area contributed by atoms with Crippen LogP contribution in [-0.4, -0.2) is 42.3 Å². The Morgan fingerprint density at radius 1 is 1.03 bits per heavy atom. The number of anilines is 1. The molecule has 3 N–H and O–H groups in total. The third-order valence-corrected chi connectivity index (χ3v) is 3.72. The van der Waals surface area contributed by atoms with Gasteiger partial charge in [-0.1, -0.05) is 6.92 Å². The highest BCUT2D eigenvalue weighted by Gasteiger charge is 2.13. The number of ether oxygens (including phenoxy) is 2. The molecule has 2 aromatic carbocycles. The van der Waals surface area contributed by atoms with Crippen molar-refractivity contribution >= 4 is 29.7 Å². The Labute approximate surface area is 173 Å². The minimum atomic E-state index is -1.11. The van der Waals surface area contributed by atoms with Gasteiger partial charge in [-0.3, -0.25) is 9.59 Å². The van der Waals surface area contributed by atoms with Crippen LogP contribution in [0.4, 0.5) is 5.69 Å². The molecular weight excluding hydrogens is 390 g/mol. The van der Waals surface area contributed by atoms with Gasteiger partial charge in [0.15, 0.2) is 0 Å². The molecule has 0 saturated heterocycles. The molecule has 2 rings (SSSR count). The highest BCUT2D eigenvalue weighted by Crippen LogP contribution is 2.19. The zero-order valence-corrected chi connectivity index (χ0v) is 16.7. The standard InChI is InChI=1S/C21H23N3O6/c1-3-11-30-17-8-6-16(7-9-17)23-19(25)20(26)24-22-13-15-12-14(21(27)28)5-10-18(15)29-4-2/h5-10,12-13H,3-4,11H2,1-2H3,(H,23,25)(H,24,26)(H,27,28)/b22-13-. The molecule has 9 nitrogen and oxygen atoms in total. The molecule has 2 amide bonds. The zero-order chi connectivity index (χ0) is 21.9. The van der Waals surface area contributed by atoms with Crippen LogP contribution in [0.1, 0.15) is 36.2 Å². The maximum Gasteiger partial charge on any atom is 0.335 e. The average molecular weight is 413 g/mol. The molecule has 9 heteroatoms. The summed E-state index contributed by atoms with van der Waals surface area (Å²) in [5, 5.41) is 15.3. The van der Waals surface area contributed by atoms with Crippen molar-refractivity contribution in [3.05, 3.63) is 53.6 Å². The molecule has 0 fully saturated rings. The summed E-state index contributed by atoms with van der Waals surface area (Å²) in [6.45, 7) is 4.73. The number of hydrazone groups is 1. The molecule has 0 aliphatic heterocycles. The fourth-order valence-electron chi connectivity index (χ4n) is 2.32. The number of carboxylic acids is 1. The minimum Gasteiger partial charge on any atom is -0.494 e. The van der Waals surface area contributed by atoms with Crippen LogP contribution in [0, 0.1) is 0 Å². The van der Waals surface area contributed by atoms with Crippen molar-refractivity contribution in [1.82, 2.24) is 5.43 Å². The molecule has 0 spiro atoms. The van der Waals surface area contributed by atoms with Gasteiger partial charge in [-0.05, 0) is 55.8 Å².